The van der Waals surface area contributed by atoms with Gasteiger partial charge in [-0.2, -0.15) is 0 Å². The minimum absolute atomic E-state index is 0.0722. The van der Waals surface area contributed by atoms with Crippen LogP contribution >= 0.6 is 0 Å². The Hall–Kier alpha value is -4.58. The van der Waals surface area contributed by atoms with Gasteiger partial charge in [0.1, 0.15) is 22.7 Å². The van der Waals surface area contributed by atoms with Gasteiger partial charge in [-0.15, -0.1) is 0 Å². The number of carbonyl (C=O) groups excluding carboxylic acids is 1. The number of nitrogens with one attached hydrogen (secondary N) is 3. The van der Waals surface area contributed by atoms with Crippen molar-refractivity contribution in [2.75, 3.05) is 19.5 Å². The van der Waals surface area contributed by atoms with Gasteiger partial charge in [-0.3, -0.25) is 14.9 Å². The van der Waals surface area contributed by atoms with E-state index in [0.29, 0.717) is 33.8 Å². The third-order valence-corrected chi connectivity index (χ3v) is 6.81. The van der Waals surface area contributed by atoms with E-state index in [9.17, 15) is 23.3 Å². The lowest BCUT2D eigenvalue weighted by Gasteiger charge is -2.12. The molecule has 0 radical (unpaired) electrons. The molecule has 1 amide bonds. The number of nitro benzene ring substituents is 1. The largest absolute Gasteiger partial charge is 0.497 e. The molecular weight excluding hydrogens is 488 g/mol. The van der Waals surface area contributed by atoms with E-state index in [1.165, 1.54) is 50.6 Å². The van der Waals surface area contributed by atoms with Gasteiger partial charge in [0.05, 0.1) is 29.7 Å². The van der Waals surface area contributed by atoms with Gasteiger partial charge in [-0.25, -0.2) is 13.1 Å². The minimum atomic E-state index is -4.21. The molecule has 3 N–H and O–H groups in total. The summed E-state index contributed by atoms with van der Waals surface area (Å²) in [4.78, 5) is 26.6. The summed E-state index contributed by atoms with van der Waals surface area (Å²) in [6, 6.07) is 15.3. The van der Waals surface area contributed by atoms with Crippen molar-refractivity contribution in [2.45, 2.75) is 11.8 Å². The number of rotatable bonds is 8. The topological polar surface area (TPSA) is 153 Å². The lowest BCUT2D eigenvalue weighted by atomic mass is 10.1. The Morgan fingerprint density at radius 3 is 2.33 bits per heavy atom. The SMILES string of the molecule is COc1ccc(S(=O)(=O)NC(=O)c2cc3c(Nc4cccc(OC)c4)c(C)cc([N+](=O)[O-])c3[nH]2)cc1. The highest BCUT2D eigenvalue weighted by atomic mass is 32.2. The van der Waals surface area contributed by atoms with Crippen LogP contribution in [0.25, 0.3) is 10.9 Å². The molecule has 4 aromatic rings. The molecule has 36 heavy (non-hydrogen) atoms. The highest BCUT2D eigenvalue weighted by molar-refractivity contribution is 7.90. The average molecular weight is 511 g/mol. The molecule has 0 saturated carbocycles. The fourth-order valence-electron chi connectivity index (χ4n) is 3.68. The summed E-state index contributed by atoms with van der Waals surface area (Å²) < 4.78 is 37.7. The molecule has 0 unspecified atom stereocenters. The number of amides is 1. The third kappa shape index (κ3) is 4.79. The van der Waals surface area contributed by atoms with E-state index in [2.05, 4.69) is 10.3 Å². The van der Waals surface area contributed by atoms with Crippen LogP contribution in [-0.4, -0.2) is 38.5 Å². The Labute approximate surface area is 206 Å². The van der Waals surface area contributed by atoms with Crippen LogP contribution in [0.2, 0.25) is 0 Å². The van der Waals surface area contributed by atoms with Crippen molar-refractivity contribution < 1.29 is 27.6 Å². The van der Waals surface area contributed by atoms with Crippen molar-refractivity contribution in [3.05, 3.63) is 82.0 Å². The third-order valence-electron chi connectivity index (χ3n) is 5.47. The lowest BCUT2D eigenvalue weighted by molar-refractivity contribution is -0.383. The zero-order valence-corrected chi connectivity index (χ0v) is 20.3. The lowest BCUT2D eigenvalue weighted by Crippen LogP contribution is -2.30. The summed E-state index contributed by atoms with van der Waals surface area (Å²) in [7, 11) is -1.23. The number of aromatic amines is 1. The Balaban J connectivity index is 1.74. The standard InChI is InChI=1S/C24H22N4O7S/c1-14-11-21(28(30)31)23-19(22(14)25-15-5-4-6-17(12-15)35-3)13-20(26-23)24(29)27-36(32,33)18-9-7-16(34-2)8-10-18/h4-13,25-26H,1-3H3,(H,27,29). The number of ether oxygens (including phenoxy) is 2. The number of aromatic nitrogens is 1. The Bertz CT molecular complexity index is 1580. The van der Waals surface area contributed by atoms with Crippen LogP contribution in [0.15, 0.2) is 65.6 Å². The van der Waals surface area contributed by atoms with Crippen LogP contribution in [0.1, 0.15) is 16.1 Å². The zero-order chi connectivity index (χ0) is 26.0. The van der Waals surface area contributed by atoms with E-state index in [4.69, 9.17) is 9.47 Å². The van der Waals surface area contributed by atoms with Crippen LogP contribution in [-0.2, 0) is 10.0 Å². The number of non-ortho nitro benzene ring substituents is 1. The van der Waals surface area contributed by atoms with Crippen molar-refractivity contribution in [3.8, 4) is 11.5 Å². The van der Waals surface area contributed by atoms with Crippen molar-refractivity contribution in [3.63, 3.8) is 0 Å². The maximum atomic E-state index is 12.9. The van der Waals surface area contributed by atoms with Gasteiger partial charge >= 0.3 is 0 Å². The molecule has 0 bridgehead atoms. The minimum Gasteiger partial charge on any atom is -0.497 e. The first-order valence-electron chi connectivity index (χ1n) is 10.6. The molecule has 0 saturated heterocycles. The molecule has 186 valence electrons. The number of H-pyrrole nitrogens is 1. The number of nitro groups is 1. The normalized spacial score (nSPS) is 11.2. The first-order chi connectivity index (χ1) is 17.1. The van der Waals surface area contributed by atoms with Gasteiger partial charge in [0.15, 0.2) is 0 Å². The van der Waals surface area contributed by atoms with Crippen molar-refractivity contribution in [1.29, 1.82) is 0 Å². The molecule has 0 spiro atoms. The van der Waals surface area contributed by atoms with Crippen LogP contribution in [0.5, 0.6) is 11.5 Å². The smallest absolute Gasteiger partial charge is 0.293 e. The van der Waals surface area contributed by atoms with Crippen LogP contribution < -0.4 is 19.5 Å². The molecule has 0 fully saturated rings. The first-order valence-corrected chi connectivity index (χ1v) is 12.0. The number of methoxy groups -OCH3 is 2. The van der Waals surface area contributed by atoms with E-state index in [1.54, 1.807) is 31.2 Å². The zero-order valence-electron chi connectivity index (χ0n) is 19.5. The van der Waals surface area contributed by atoms with E-state index in [0.717, 1.165) is 0 Å². The predicted molar refractivity (Wildman–Crippen MR) is 134 cm³/mol. The van der Waals surface area contributed by atoms with Crippen molar-refractivity contribution in [2.24, 2.45) is 0 Å². The number of benzene rings is 3. The highest BCUT2D eigenvalue weighted by Crippen LogP contribution is 2.37. The highest BCUT2D eigenvalue weighted by Gasteiger charge is 2.25. The maximum absolute atomic E-state index is 12.9. The van der Waals surface area contributed by atoms with E-state index >= 15 is 0 Å². The maximum Gasteiger partial charge on any atom is 0.293 e. The molecule has 12 heteroatoms. The monoisotopic (exact) mass is 510 g/mol. The number of hydrogen-bond acceptors (Lipinski definition) is 8. The van der Waals surface area contributed by atoms with Crippen LogP contribution in [0.3, 0.4) is 0 Å². The molecule has 11 nitrogen and oxygen atoms in total. The first kappa shape index (κ1) is 24.5. The Morgan fingerprint density at radius 2 is 1.69 bits per heavy atom. The van der Waals surface area contributed by atoms with Gasteiger partial charge < -0.3 is 19.8 Å². The molecule has 3 aromatic carbocycles. The second-order valence-electron chi connectivity index (χ2n) is 7.78. The van der Waals surface area contributed by atoms with Crippen molar-refractivity contribution in [1.82, 2.24) is 9.71 Å². The fourth-order valence-corrected chi connectivity index (χ4v) is 4.65. The average Bonchev–Trinajstić information content (AvgIpc) is 3.31. The molecular formula is C24H22N4O7S. The van der Waals surface area contributed by atoms with Gasteiger partial charge in [0.2, 0.25) is 0 Å². The number of aryl methyl sites for hydroxylation is 1. The van der Waals surface area contributed by atoms with Crippen LogP contribution in [0, 0.1) is 17.0 Å². The number of carbonyl (C=O) groups is 1. The summed E-state index contributed by atoms with van der Waals surface area (Å²) >= 11 is 0. The number of hydrogen-bond donors (Lipinski definition) is 3. The molecule has 0 aliphatic carbocycles. The summed E-state index contributed by atoms with van der Waals surface area (Å²) in [5.74, 6) is 0.0876. The molecule has 0 aliphatic rings. The number of anilines is 2. The van der Waals surface area contributed by atoms with Gasteiger partial charge in [-0.1, -0.05) is 6.07 Å². The van der Waals surface area contributed by atoms with Gasteiger partial charge in [0.25, 0.3) is 21.6 Å². The molecule has 1 aromatic heterocycles. The second kappa shape index (κ2) is 9.58. The van der Waals surface area contributed by atoms with E-state index in [1.807, 2.05) is 4.72 Å². The van der Waals surface area contributed by atoms with Gasteiger partial charge in [0, 0.05) is 23.2 Å². The Morgan fingerprint density at radius 1 is 1.00 bits per heavy atom. The number of sulfonamides is 1. The van der Waals surface area contributed by atoms with Crippen molar-refractivity contribution >= 4 is 43.9 Å². The molecule has 1 heterocycles. The molecule has 0 atom stereocenters. The molecule has 0 aliphatic heterocycles. The predicted octanol–water partition coefficient (Wildman–Crippen LogP) is 4.26. The Kier molecular flexibility index (Phi) is 6.53. The van der Waals surface area contributed by atoms with E-state index < -0.39 is 20.9 Å². The summed E-state index contributed by atoms with van der Waals surface area (Å²) in [6.45, 7) is 1.69. The summed E-state index contributed by atoms with van der Waals surface area (Å²) in [5.41, 5.74) is 1.37. The number of fused-ring (bicyclic) bond motifs is 1. The quantitative estimate of drug-likeness (QED) is 0.235. The van der Waals surface area contributed by atoms with E-state index in [-0.39, 0.29) is 21.8 Å². The van der Waals surface area contributed by atoms with Gasteiger partial charge in [-0.05, 0) is 55.0 Å². The second-order valence-corrected chi connectivity index (χ2v) is 9.47. The summed E-state index contributed by atoms with van der Waals surface area (Å²) in [5, 5.41) is 15.3. The summed E-state index contributed by atoms with van der Waals surface area (Å²) in [6.07, 6.45) is 0. The fraction of sp³-hybridized carbons (Fsp3) is 0.125. The number of nitrogens with zero attached hydrogens (tertiary/aromatic N) is 1. The molecule has 4 rings (SSSR count). The van der Waals surface area contributed by atoms with Crippen LogP contribution in [0.4, 0.5) is 17.1 Å².